The summed E-state index contributed by atoms with van der Waals surface area (Å²) < 4.78 is 12.9. The van der Waals surface area contributed by atoms with E-state index >= 15 is 0 Å². The molecule has 0 heterocycles. The molecule has 1 unspecified atom stereocenters. The molecular weight excluding hydrogens is 229 g/mol. The molecule has 0 aliphatic rings. The molecule has 90 valence electrons. The summed E-state index contributed by atoms with van der Waals surface area (Å²) in [6, 6.07) is 4.19. The van der Waals surface area contributed by atoms with Gasteiger partial charge in [0.05, 0.1) is 6.10 Å². The van der Waals surface area contributed by atoms with E-state index in [1.807, 2.05) is 0 Å². The van der Waals surface area contributed by atoms with E-state index in [9.17, 15) is 9.50 Å². The molecule has 0 aliphatic carbocycles. The molecule has 0 saturated heterocycles. The number of halogens is 2. The van der Waals surface area contributed by atoms with Gasteiger partial charge in [-0.3, -0.25) is 0 Å². The molecule has 0 fully saturated rings. The first-order valence-corrected chi connectivity index (χ1v) is 5.84. The Morgan fingerprint density at radius 2 is 2.25 bits per heavy atom. The van der Waals surface area contributed by atoms with Crippen molar-refractivity contribution in [3.63, 3.8) is 0 Å². The maximum atomic E-state index is 12.9. The smallest absolute Gasteiger partial charge is 0.123 e. The van der Waals surface area contributed by atoms with Crippen molar-refractivity contribution in [2.24, 2.45) is 0 Å². The summed E-state index contributed by atoms with van der Waals surface area (Å²) in [6.45, 7) is 3.43. The minimum absolute atomic E-state index is 0.326. The average molecular weight is 246 g/mol. The molecule has 2 N–H and O–H groups in total. The minimum Gasteiger partial charge on any atom is -0.391 e. The van der Waals surface area contributed by atoms with Crippen LogP contribution in [0.15, 0.2) is 18.2 Å². The summed E-state index contributed by atoms with van der Waals surface area (Å²) in [6.07, 6.45) is 0.853. The largest absolute Gasteiger partial charge is 0.391 e. The second-order valence-corrected chi connectivity index (χ2v) is 4.21. The van der Waals surface area contributed by atoms with Gasteiger partial charge in [-0.1, -0.05) is 18.5 Å². The Hall–Kier alpha value is -0.640. The van der Waals surface area contributed by atoms with Crippen LogP contribution in [0, 0.1) is 5.82 Å². The Morgan fingerprint density at radius 1 is 1.50 bits per heavy atom. The van der Waals surface area contributed by atoms with E-state index < -0.39 is 6.10 Å². The highest BCUT2D eigenvalue weighted by molar-refractivity contribution is 6.31. The van der Waals surface area contributed by atoms with Crippen molar-refractivity contribution in [1.82, 2.24) is 5.32 Å². The fourth-order valence-electron chi connectivity index (χ4n) is 1.47. The molecule has 16 heavy (non-hydrogen) atoms. The molecule has 1 rings (SSSR count). The monoisotopic (exact) mass is 245 g/mol. The van der Waals surface area contributed by atoms with Gasteiger partial charge in [0.15, 0.2) is 0 Å². The number of rotatable bonds is 6. The summed E-state index contributed by atoms with van der Waals surface area (Å²) in [5.74, 6) is -0.326. The Kier molecular flexibility index (Phi) is 5.74. The van der Waals surface area contributed by atoms with E-state index in [-0.39, 0.29) is 5.82 Å². The Bertz CT molecular complexity index is 333. The van der Waals surface area contributed by atoms with Gasteiger partial charge in [-0.25, -0.2) is 4.39 Å². The van der Waals surface area contributed by atoms with Crippen LogP contribution in [0.1, 0.15) is 18.9 Å². The van der Waals surface area contributed by atoms with Crippen LogP contribution in [0.5, 0.6) is 0 Å². The molecule has 0 spiro atoms. The molecule has 4 heteroatoms. The average Bonchev–Trinajstić information content (AvgIpc) is 2.24. The third-order valence-corrected chi connectivity index (χ3v) is 2.64. The predicted molar refractivity (Wildman–Crippen MR) is 64.3 cm³/mol. The number of hydrogen-bond donors (Lipinski definition) is 2. The maximum Gasteiger partial charge on any atom is 0.123 e. The van der Waals surface area contributed by atoms with Crippen molar-refractivity contribution in [2.45, 2.75) is 25.9 Å². The summed E-state index contributed by atoms with van der Waals surface area (Å²) in [7, 11) is 0. The van der Waals surface area contributed by atoms with Crippen LogP contribution in [-0.2, 0) is 6.42 Å². The number of benzene rings is 1. The van der Waals surface area contributed by atoms with E-state index in [1.54, 1.807) is 0 Å². The van der Waals surface area contributed by atoms with Crippen LogP contribution in [0.2, 0.25) is 5.02 Å². The molecule has 0 radical (unpaired) electrons. The van der Waals surface area contributed by atoms with Crippen LogP contribution in [0.4, 0.5) is 4.39 Å². The van der Waals surface area contributed by atoms with Gasteiger partial charge in [0.1, 0.15) is 5.82 Å². The topological polar surface area (TPSA) is 32.3 Å². The molecule has 0 saturated carbocycles. The zero-order valence-electron chi connectivity index (χ0n) is 9.34. The first-order chi connectivity index (χ1) is 7.63. The van der Waals surface area contributed by atoms with E-state index in [1.165, 1.54) is 18.2 Å². The van der Waals surface area contributed by atoms with E-state index in [4.69, 9.17) is 11.6 Å². The number of nitrogens with one attached hydrogen (secondary N) is 1. The summed E-state index contributed by atoms with van der Waals surface area (Å²) in [5.41, 5.74) is 0.646. The third kappa shape index (κ3) is 4.47. The van der Waals surface area contributed by atoms with Gasteiger partial charge in [-0.05, 0) is 36.7 Å². The third-order valence-electron chi connectivity index (χ3n) is 2.27. The van der Waals surface area contributed by atoms with Crippen LogP contribution in [0.25, 0.3) is 0 Å². The number of hydrogen-bond acceptors (Lipinski definition) is 2. The molecule has 1 aromatic rings. The maximum absolute atomic E-state index is 12.9. The fraction of sp³-hybridized carbons (Fsp3) is 0.500. The highest BCUT2D eigenvalue weighted by Crippen LogP contribution is 2.18. The zero-order chi connectivity index (χ0) is 12.0. The summed E-state index contributed by atoms with van der Waals surface area (Å²) >= 11 is 5.90. The zero-order valence-corrected chi connectivity index (χ0v) is 10.1. The highest BCUT2D eigenvalue weighted by Gasteiger charge is 2.09. The van der Waals surface area contributed by atoms with Crippen LogP contribution < -0.4 is 5.32 Å². The molecule has 0 amide bonds. The molecular formula is C12H17ClFNO. The lowest BCUT2D eigenvalue weighted by molar-refractivity contribution is 0.172. The first-order valence-electron chi connectivity index (χ1n) is 5.46. The molecule has 0 bridgehead atoms. The van der Waals surface area contributed by atoms with E-state index in [0.717, 1.165) is 13.0 Å². The van der Waals surface area contributed by atoms with Crippen molar-refractivity contribution >= 4 is 11.6 Å². The van der Waals surface area contributed by atoms with Crippen LogP contribution >= 0.6 is 11.6 Å². The van der Waals surface area contributed by atoms with Gasteiger partial charge in [-0.2, -0.15) is 0 Å². The predicted octanol–water partition coefficient (Wildman–Crippen LogP) is 2.38. The van der Waals surface area contributed by atoms with Gasteiger partial charge in [-0.15, -0.1) is 0 Å². The van der Waals surface area contributed by atoms with Gasteiger partial charge < -0.3 is 10.4 Å². The molecule has 2 nitrogen and oxygen atoms in total. The Labute approximate surface area is 100 Å². The number of aliphatic hydroxyl groups excluding tert-OH is 1. The van der Waals surface area contributed by atoms with Crippen LogP contribution in [-0.4, -0.2) is 24.3 Å². The minimum atomic E-state index is -0.536. The van der Waals surface area contributed by atoms with Crippen molar-refractivity contribution in [2.75, 3.05) is 13.1 Å². The van der Waals surface area contributed by atoms with Crippen molar-refractivity contribution in [1.29, 1.82) is 0 Å². The van der Waals surface area contributed by atoms with Gasteiger partial charge in [0.25, 0.3) is 0 Å². The molecule has 1 aromatic carbocycles. The molecule has 0 aromatic heterocycles. The quantitative estimate of drug-likeness (QED) is 0.755. The second kappa shape index (κ2) is 6.84. The van der Waals surface area contributed by atoms with E-state index in [0.29, 0.717) is 23.6 Å². The normalized spacial score (nSPS) is 12.8. The lowest BCUT2D eigenvalue weighted by atomic mass is 10.1. The standard InChI is InChI=1S/C12H17ClFNO/c1-2-5-15-8-11(16)7-9-6-10(14)3-4-12(9)13/h3-4,6,11,15-16H,2,5,7-8H2,1H3. The lowest BCUT2D eigenvalue weighted by Crippen LogP contribution is -2.28. The molecule has 1 atom stereocenters. The van der Waals surface area contributed by atoms with Crippen molar-refractivity contribution < 1.29 is 9.50 Å². The van der Waals surface area contributed by atoms with Gasteiger partial charge >= 0.3 is 0 Å². The van der Waals surface area contributed by atoms with Crippen LogP contribution in [0.3, 0.4) is 0 Å². The first kappa shape index (κ1) is 13.4. The Balaban J connectivity index is 2.48. The van der Waals surface area contributed by atoms with Gasteiger partial charge in [0, 0.05) is 18.0 Å². The lowest BCUT2D eigenvalue weighted by Gasteiger charge is -2.12. The summed E-state index contributed by atoms with van der Waals surface area (Å²) in [5, 5.41) is 13.3. The van der Waals surface area contributed by atoms with Crippen molar-refractivity contribution in [3.05, 3.63) is 34.6 Å². The fourth-order valence-corrected chi connectivity index (χ4v) is 1.67. The van der Waals surface area contributed by atoms with Gasteiger partial charge in [0.2, 0.25) is 0 Å². The van der Waals surface area contributed by atoms with Crippen molar-refractivity contribution in [3.8, 4) is 0 Å². The SMILES string of the molecule is CCCNCC(O)Cc1cc(F)ccc1Cl. The second-order valence-electron chi connectivity index (χ2n) is 3.80. The summed E-state index contributed by atoms with van der Waals surface area (Å²) in [4.78, 5) is 0. The number of aliphatic hydroxyl groups is 1. The molecule has 0 aliphatic heterocycles. The Morgan fingerprint density at radius 3 is 2.94 bits per heavy atom. The highest BCUT2D eigenvalue weighted by atomic mass is 35.5. The van der Waals surface area contributed by atoms with E-state index in [2.05, 4.69) is 12.2 Å².